The predicted molar refractivity (Wildman–Crippen MR) is 68.8 cm³/mol. The molecule has 17 heavy (non-hydrogen) atoms. The van der Waals surface area contributed by atoms with Gasteiger partial charge in [-0.05, 0) is 48.1 Å². The van der Waals surface area contributed by atoms with Gasteiger partial charge in [-0.1, -0.05) is 0 Å². The van der Waals surface area contributed by atoms with Crippen molar-refractivity contribution in [1.82, 2.24) is 4.90 Å². The lowest BCUT2D eigenvalue weighted by atomic mass is 9.98. The zero-order chi connectivity index (χ0) is 11.8. The summed E-state index contributed by atoms with van der Waals surface area (Å²) in [6.45, 7) is 0. The van der Waals surface area contributed by atoms with Crippen LogP contribution in [0.1, 0.15) is 43.7 Å². The van der Waals surface area contributed by atoms with Gasteiger partial charge in [0.15, 0.2) is 0 Å². The maximum Gasteiger partial charge on any atom is 0.223 e. The predicted octanol–water partition coefficient (Wildman–Crippen LogP) is 2.29. The Labute approximate surface area is 106 Å². The maximum atomic E-state index is 12.2. The van der Waals surface area contributed by atoms with Gasteiger partial charge in [0.05, 0.1) is 6.04 Å². The second-order valence-corrected chi connectivity index (χ2v) is 5.87. The van der Waals surface area contributed by atoms with Crippen molar-refractivity contribution in [1.29, 1.82) is 0 Å². The van der Waals surface area contributed by atoms with Gasteiger partial charge >= 0.3 is 0 Å². The molecule has 3 nitrogen and oxygen atoms in total. The molecule has 1 aliphatic carbocycles. The highest BCUT2D eigenvalue weighted by Gasteiger charge is 2.41. The van der Waals surface area contributed by atoms with E-state index in [1.54, 1.807) is 11.3 Å². The van der Waals surface area contributed by atoms with E-state index in [1.807, 2.05) is 0 Å². The Balaban J connectivity index is 1.95. The monoisotopic (exact) mass is 250 g/mol. The van der Waals surface area contributed by atoms with Crippen LogP contribution in [-0.2, 0) is 4.79 Å². The smallest absolute Gasteiger partial charge is 0.223 e. The van der Waals surface area contributed by atoms with E-state index in [9.17, 15) is 4.79 Å². The molecule has 0 aromatic carbocycles. The molecule has 1 saturated heterocycles. The number of amides is 1. The van der Waals surface area contributed by atoms with Crippen molar-refractivity contribution >= 4 is 17.2 Å². The minimum atomic E-state index is 0.0941. The molecular weight excluding hydrogens is 232 g/mol. The van der Waals surface area contributed by atoms with Gasteiger partial charge in [-0.2, -0.15) is 11.3 Å². The van der Waals surface area contributed by atoms with E-state index >= 15 is 0 Å². The molecular formula is C13H18N2OS. The van der Waals surface area contributed by atoms with Crippen LogP contribution in [-0.4, -0.2) is 22.9 Å². The minimum Gasteiger partial charge on any atom is -0.331 e. The lowest BCUT2D eigenvalue weighted by molar-refractivity contribution is -0.133. The molecule has 2 aliphatic rings. The van der Waals surface area contributed by atoms with E-state index in [0.29, 0.717) is 18.4 Å². The average Bonchev–Trinajstić information content (AvgIpc) is 3.02. The van der Waals surface area contributed by atoms with Crippen LogP contribution < -0.4 is 5.73 Å². The Kier molecular flexibility index (Phi) is 2.92. The Bertz CT molecular complexity index is 400. The molecule has 1 saturated carbocycles. The summed E-state index contributed by atoms with van der Waals surface area (Å²) in [5.74, 6) is 0.302. The highest BCUT2D eigenvalue weighted by Crippen LogP contribution is 2.39. The molecule has 2 atom stereocenters. The van der Waals surface area contributed by atoms with Gasteiger partial charge in [0.2, 0.25) is 5.91 Å². The second kappa shape index (κ2) is 4.42. The Morgan fingerprint density at radius 3 is 2.82 bits per heavy atom. The summed E-state index contributed by atoms with van der Waals surface area (Å²) in [7, 11) is 0. The normalized spacial score (nSPS) is 30.4. The minimum absolute atomic E-state index is 0.0941. The van der Waals surface area contributed by atoms with Gasteiger partial charge in [-0.25, -0.2) is 0 Å². The van der Waals surface area contributed by atoms with E-state index in [-0.39, 0.29) is 12.1 Å². The summed E-state index contributed by atoms with van der Waals surface area (Å²) in [4.78, 5) is 14.3. The summed E-state index contributed by atoms with van der Waals surface area (Å²) in [6.07, 6.45) is 4.86. The number of carbonyl (C=O) groups excluding carboxylic acids is 1. The number of rotatable bonds is 2. The molecule has 0 spiro atoms. The lowest BCUT2D eigenvalue weighted by Gasteiger charge is -2.33. The zero-order valence-electron chi connectivity index (χ0n) is 9.84. The summed E-state index contributed by atoms with van der Waals surface area (Å²) < 4.78 is 0. The van der Waals surface area contributed by atoms with Crippen molar-refractivity contribution in [2.24, 2.45) is 5.73 Å². The zero-order valence-corrected chi connectivity index (χ0v) is 10.7. The number of likely N-dealkylation sites (tertiary alicyclic amines) is 1. The van der Waals surface area contributed by atoms with E-state index in [4.69, 9.17) is 5.73 Å². The average molecular weight is 250 g/mol. The standard InChI is InChI=1S/C13H18N2OS/c14-11-2-1-3-12(16)15(10-4-5-10)13(11)9-6-7-17-8-9/h6-8,10-11,13H,1-5,14H2. The van der Waals surface area contributed by atoms with Crippen LogP contribution in [0.4, 0.5) is 0 Å². The molecule has 3 rings (SSSR count). The van der Waals surface area contributed by atoms with Gasteiger partial charge in [-0.15, -0.1) is 0 Å². The maximum absolute atomic E-state index is 12.2. The summed E-state index contributed by atoms with van der Waals surface area (Å²) in [6, 6.07) is 2.78. The summed E-state index contributed by atoms with van der Waals surface area (Å²) >= 11 is 1.68. The first-order valence-electron chi connectivity index (χ1n) is 6.36. The lowest BCUT2D eigenvalue weighted by Crippen LogP contribution is -2.43. The van der Waals surface area contributed by atoms with Crippen molar-refractivity contribution in [3.63, 3.8) is 0 Å². The molecule has 1 aromatic heterocycles. The fourth-order valence-electron chi connectivity index (χ4n) is 2.77. The Morgan fingerprint density at radius 1 is 1.35 bits per heavy atom. The van der Waals surface area contributed by atoms with Crippen molar-refractivity contribution in [2.75, 3.05) is 0 Å². The molecule has 92 valence electrons. The molecule has 2 unspecified atom stereocenters. The topological polar surface area (TPSA) is 46.3 Å². The van der Waals surface area contributed by atoms with E-state index in [2.05, 4.69) is 21.7 Å². The van der Waals surface area contributed by atoms with Crippen LogP contribution in [0.5, 0.6) is 0 Å². The van der Waals surface area contributed by atoms with Crippen LogP contribution in [0, 0.1) is 0 Å². The molecule has 2 heterocycles. The summed E-state index contributed by atoms with van der Waals surface area (Å²) in [5, 5.41) is 4.21. The molecule has 0 bridgehead atoms. The van der Waals surface area contributed by atoms with E-state index in [1.165, 1.54) is 5.56 Å². The Hall–Kier alpha value is -0.870. The third-order valence-electron chi connectivity index (χ3n) is 3.75. The highest BCUT2D eigenvalue weighted by atomic mass is 32.1. The van der Waals surface area contributed by atoms with Crippen molar-refractivity contribution in [3.8, 4) is 0 Å². The number of hydrogen-bond donors (Lipinski definition) is 1. The third kappa shape index (κ3) is 2.11. The highest BCUT2D eigenvalue weighted by molar-refractivity contribution is 7.08. The quantitative estimate of drug-likeness (QED) is 0.875. The van der Waals surface area contributed by atoms with Gasteiger partial charge in [0, 0.05) is 18.5 Å². The largest absolute Gasteiger partial charge is 0.331 e. The van der Waals surface area contributed by atoms with Gasteiger partial charge in [0.1, 0.15) is 0 Å². The van der Waals surface area contributed by atoms with Crippen LogP contribution in [0.3, 0.4) is 0 Å². The Morgan fingerprint density at radius 2 is 2.18 bits per heavy atom. The molecule has 2 fully saturated rings. The van der Waals surface area contributed by atoms with Crippen molar-refractivity contribution in [3.05, 3.63) is 22.4 Å². The van der Waals surface area contributed by atoms with E-state index in [0.717, 1.165) is 25.7 Å². The number of thiophene rings is 1. The third-order valence-corrected chi connectivity index (χ3v) is 4.45. The first-order chi connectivity index (χ1) is 8.27. The molecule has 1 amide bonds. The van der Waals surface area contributed by atoms with E-state index < -0.39 is 0 Å². The SMILES string of the molecule is NC1CCCC(=O)N(C2CC2)C1c1ccsc1. The van der Waals surface area contributed by atoms with Crippen LogP contribution >= 0.6 is 11.3 Å². The van der Waals surface area contributed by atoms with Crippen LogP contribution in [0.25, 0.3) is 0 Å². The fraction of sp³-hybridized carbons (Fsp3) is 0.615. The van der Waals surface area contributed by atoms with Crippen molar-refractivity contribution < 1.29 is 4.79 Å². The first kappa shape index (κ1) is 11.2. The fourth-order valence-corrected chi connectivity index (χ4v) is 3.46. The van der Waals surface area contributed by atoms with Gasteiger partial charge in [0.25, 0.3) is 0 Å². The van der Waals surface area contributed by atoms with Gasteiger partial charge < -0.3 is 10.6 Å². The number of nitrogens with zero attached hydrogens (tertiary/aromatic N) is 1. The van der Waals surface area contributed by atoms with Crippen LogP contribution in [0.2, 0.25) is 0 Å². The molecule has 1 aliphatic heterocycles. The van der Waals surface area contributed by atoms with Crippen molar-refractivity contribution in [2.45, 2.75) is 50.2 Å². The van der Waals surface area contributed by atoms with Gasteiger partial charge in [-0.3, -0.25) is 4.79 Å². The molecule has 1 aromatic rings. The molecule has 4 heteroatoms. The summed E-state index contributed by atoms with van der Waals surface area (Å²) in [5.41, 5.74) is 7.53. The number of carbonyl (C=O) groups is 1. The van der Waals surface area contributed by atoms with Crippen LogP contribution in [0.15, 0.2) is 16.8 Å². The number of nitrogens with two attached hydrogens (primary N) is 1. The molecule has 0 radical (unpaired) electrons. The first-order valence-corrected chi connectivity index (χ1v) is 7.30. The second-order valence-electron chi connectivity index (χ2n) is 5.09. The number of hydrogen-bond acceptors (Lipinski definition) is 3. The molecule has 2 N–H and O–H groups in total.